The van der Waals surface area contributed by atoms with Crippen molar-refractivity contribution in [2.75, 3.05) is 6.61 Å². The van der Waals surface area contributed by atoms with E-state index in [1.54, 1.807) is 6.07 Å². The normalized spacial score (nSPS) is 10.5. The van der Waals surface area contributed by atoms with Gasteiger partial charge in [-0.25, -0.2) is 0 Å². The van der Waals surface area contributed by atoms with E-state index in [4.69, 9.17) is 16.3 Å². The molecule has 1 rings (SSSR count). The second-order valence-electron chi connectivity index (χ2n) is 3.84. The van der Waals surface area contributed by atoms with Gasteiger partial charge in [0.15, 0.2) is 5.78 Å². The van der Waals surface area contributed by atoms with E-state index in [0.717, 1.165) is 5.56 Å². The van der Waals surface area contributed by atoms with Crippen molar-refractivity contribution in [1.29, 1.82) is 0 Å². The Morgan fingerprint density at radius 3 is 2.67 bits per heavy atom. The average molecular weight is 227 g/mol. The quantitative estimate of drug-likeness (QED) is 0.788. The third-order valence-corrected chi connectivity index (χ3v) is 2.40. The number of hydrogen-bond donors (Lipinski definition) is 0. The molecule has 3 heteroatoms. The molecule has 0 aromatic heterocycles. The molecule has 0 N–H and O–H groups in total. The van der Waals surface area contributed by atoms with Crippen LogP contribution >= 0.6 is 11.6 Å². The van der Waals surface area contributed by atoms with Crippen molar-refractivity contribution in [2.24, 2.45) is 5.92 Å². The van der Waals surface area contributed by atoms with E-state index in [9.17, 15) is 4.79 Å². The molecule has 0 amide bonds. The van der Waals surface area contributed by atoms with Gasteiger partial charge in [-0.05, 0) is 24.6 Å². The van der Waals surface area contributed by atoms with Crippen LogP contribution in [0.25, 0.3) is 0 Å². The van der Waals surface area contributed by atoms with Crippen LogP contribution in [0.1, 0.15) is 19.4 Å². The first-order valence-corrected chi connectivity index (χ1v) is 5.30. The van der Waals surface area contributed by atoms with Crippen LogP contribution in [0.3, 0.4) is 0 Å². The van der Waals surface area contributed by atoms with Gasteiger partial charge < -0.3 is 4.74 Å². The van der Waals surface area contributed by atoms with E-state index in [-0.39, 0.29) is 18.3 Å². The van der Waals surface area contributed by atoms with Gasteiger partial charge in [0, 0.05) is 5.92 Å². The molecule has 0 atom stereocenters. The second-order valence-corrected chi connectivity index (χ2v) is 4.25. The van der Waals surface area contributed by atoms with Gasteiger partial charge >= 0.3 is 0 Å². The van der Waals surface area contributed by atoms with Crippen molar-refractivity contribution in [3.8, 4) is 5.75 Å². The molecule has 0 heterocycles. The van der Waals surface area contributed by atoms with Gasteiger partial charge in [-0.2, -0.15) is 0 Å². The molecule has 0 aliphatic heterocycles. The lowest BCUT2D eigenvalue weighted by atomic mass is 10.1. The Morgan fingerprint density at radius 1 is 1.47 bits per heavy atom. The second kappa shape index (κ2) is 5.17. The summed E-state index contributed by atoms with van der Waals surface area (Å²) in [5.74, 6) is 0.636. The molecular formula is C12H15ClO2. The van der Waals surface area contributed by atoms with Crippen molar-refractivity contribution in [1.82, 2.24) is 0 Å². The summed E-state index contributed by atoms with van der Waals surface area (Å²) in [6.07, 6.45) is 0. The van der Waals surface area contributed by atoms with Crippen molar-refractivity contribution in [2.45, 2.75) is 20.8 Å². The standard InChI is InChI=1S/C12H15ClO2/c1-8(2)11(14)7-15-12-5-4-9(3)6-10(12)13/h4-6,8H,7H2,1-3H3. The molecule has 82 valence electrons. The Bertz CT molecular complexity index is 359. The van der Waals surface area contributed by atoms with Crippen LogP contribution in [-0.2, 0) is 4.79 Å². The highest BCUT2D eigenvalue weighted by molar-refractivity contribution is 6.32. The SMILES string of the molecule is Cc1ccc(OCC(=O)C(C)C)c(Cl)c1. The maximum absolute atomic E-state index is 11.3. The Labute approximate surface area is 95.2 Å². The van der Waals surface area contributed by atoms with Crippen LogP contribution in [0.15, 0.2) is 18.2 Å². The molecule has 0 unspecified atom stereocenters. The lowest BCUT2D eigenvalue weighted by Crippen LogP contribution is -2.16. The van der Waals surface area contributed by atoms with Gasteiger partial charge in [0.1, 0.15) is 12.4 Å². The van der Waals surface area contributed by atoms with Crippen LogP contribution in [0.2, 0.25) is 5.02 Å². The number of ketones is 1. The van der Waals surface area contributed by atoms with Crippen LogP contribution in [0.4, 0.5) is 0 Å². The van der Waals surface area contributed by atoms with Gasteiger partial charge in [0.05, 0.1) is 5.02 Å². The third kappa shape index (κ3) is 3.56. The highest BCUT2D eigenvalue weighted by atomic mass is 35.5. The van der Waals surface area contributed by atoms with E-state index in [1.165, 1.54) is 0 Å². The molecule has 0 saturated carbocycles. The van der Waals surface area contributed by atoms with Crippen molar-refractivity contribution >= 4 is 17.4 Å². The molecule has 0 saturated heterocycles. The summed E-state index contributed by atoms with van der Waals surface area (Å²) in [5.41, 5.74) is 1.07. The summed E-state index contributed by atoms with van der Waals surface area (Å²) in [4.78, 5) is 11.3. The predicted molar refractivity (Wildman–Crippen MR) is 61.5 cm³/mol. The number of aryl methyl sites for hydroxylation is 1. The number of rotatable bonds is 4. The van der Waals surface area contributed by atoms with Crippen LogP contribution in [0, 0.1) is 12.8 Å². The molecule has 2 nitrogen and oxygen atoms in total. The first-order valence-electron chi connectivity index (χ1n) is 4.92. The first kappa shape index (κ1) is 12.1. The summed E-state index contributed by atoms with van der Waals surface area (Å²) < 4.78 is 5.33. The number of ether oxygens (including phenoxy) is 1. The van der Waals surface area contributed by atoms with Crippen LogP contribution < -0.4 is 4.74 Å². The monoisotopic (exact) mass is 226 g/mol. The van der Waals surface area contributed by atoms with Crippen LogP contribution in [0.5, 0.6) is 5.75 Å². The summed E-state index contributed by atoms with van der Waals surface area (Å²) in [5, 5.41) is 0.548. The molecule has 0 spiro atoms. The Hall–Kier alpha value is -1.02. The third-order valence-electron chi connectivity index (χ3n) is 2.10. The number of halogens is 1. The fourth-order valence-electron chi connectivity index (χ4n) is 1.04. The lowest BCUT2D eigenvalue weighted by molar-refractivity contribution is -0.123. The van der Waals surface area contributed by atoms with E-state index in [2.05, 4.69) is 0 Å². The van der Waals surface area contributed by atoms with Crippen molar-refractivity contribution in [3.63, 3.8) is 0 Å². The molecule has 15 heavy (non-hydrogen) atoms. The van der Waals surface area contributed by atoms with Gasteiger partial charge in [-0.1, -0.05) is 31.5 Å². The molecule has 0 radical (unpaired) electrons. The van der Waals surface area contributed by atoms with Gasteiger partial charge in [0.25, 0.3) is 0 Å². The Kier molecular flexibility index (Phi) is 4.15. The zero-order chi connectivity index (χ0) is 11.4. The Balaban J connectivity index is 2.62. The number of Topliss-reactive ketones (excluding diaryl/α,β-unsaturated/α-hetero) is 1. The molecule has 0 bridgehead atoms. The minimum Gasteiger partial charge on any atom is -0.484 e. The summed E-state index contributed by atoms with van der Waals surface area (Å²) in [7, 11) is 0. The number of carbonyl (C=O) groups excluding carboxylic acids is 1. The molecular weight excluding hydrogens is 212 g/mol. The zero-order valence-electron chi connectivity index (χ0n) is 9.21. The fourth-order valence-corrected chi connectivity index (χ4v) is 1.33. The zero-order valence-corrected chi connectivity index (χ0v) is 9.97. The number of benzene rings is 1. The summed E-state index contributed by atoms with van der Waals surface area (Å²) >= 11 is 5.96. The van der Waals surface area contributed by atoms with Crippen molar-refractivity contribution in [3.05, 3.63) is 28.8 Å². The molecule has 0 aliphatic carbocycles. The molecule has 1 aromatic carbocycles. The number of hydrogen-bond acceptors (Lipinski definition) is 2. The molecule has 0 aliphatic rings. The maximum Gasteiger partial charge on any atom is 0.172 e. The smallest absolute Gasteiger partial charge is 0.172 e. The molecule has 1 aromatic rings. The fraction of sp³-hybridized carbons (Fsp3) is 0.417. The van der Waals surface area contributed by atoms with E-state index in [1.807, 2.05) is 32.9 Å². The van der Waals surface area contributed by atoms with Crippen LogP contribution in [-0.4, -0.2) is 12.4 Å². The highest BCUT2D eigenvalue weighted by Crippen LogP contribution is 2.25. The first-order chi connectivity index (χ1) is 7.00. The predicted octanol–water partition coefficient (Wildman–Crippen LogP) is 3.25. The highest BCUT2D eigenvalue weighted by Gasteiger charge is 2.09. The maximum atomic E-state index is 11.3. The van der Waals surface area contributed by atoms with E-state index < -0.39 is 0 Å². The minimum atomic E-state index is -0.00535. The average Bonchev–Trinajstić information content (AvgIpc) is 2.15. The largest absolute Gasteiger partial charge is 0.484 e. The number of carbonyl (C=O) groups is 1. The topological polar surface area (TPSA) is 26.3 Å². The van der Waals surface area contributed by atoms with Gasteiger partial charge in [0.2, 0.25) is 0 Å². The van der Waals surface area contributed by atoms with Gasteiger partial charge in [-0.3, -0.25) is 4.79 Å². The minimum absolute atomic E-state index is 0.00535. The van der Waals surface area contributed by atoms with E-state index >= 15 is 0 Å². The van der Waals surface area contributed by atoms with Crippen molar-refractivity contribution < 1.29 is 9.53 Å². The molecule has 0 fully saturated rings. The van der Waals surface area contributed by atoms with Gasteiger partial charge in [-0.15, -0.1) is 0 Å². The summed E-state index contributed by atoms with van der Waals surface area (Å²) in [6, 6.07) is 5.50. The Morgan fingerprint density at radius 2 is 2.13 bits per heavy atom. The summed E-state index contributed by atoms with van der Waals surface area (Å²) in [6.45, 7) is 5.74. The lowest BCUT2D eigenvalue weighted by Gasteiger charge is -2.09. The van der Waals surface area contributed by atoms with E-state index in [0.29, 0.717) is 10.8 Å².